The molecule has 0 bridgehead atoms. The van der Waals surface area contributed by atoms with Crippen molar-refractivity contribution in [2.75, 3.05) is 20.1 Å². The Bertz CT molecular complexity index is 428. The first-order valence-corrected chi connectivity index (χ1v) is 7.76. The average molecular weight is 291 g/mol. The van der Waals surface area contributed by atoms with E-state index in [9.17, 15) is 4.79 Å². The Morgan fingerprint density at radius 3 is 2.29 bits per heavy atom. The van der Waals surface area contributed by atoms with Gasteiger partial charge in [0, 0.05) is 30.7 Å². The minimum atomic E-state index is -0.0140. The molecule has 4 nitrogen and oxygen atoms in total. The highest BCUT2D eigenvalue weighted by molar-refractivity contribution is 5.94. The number of nitrogens with zero attached hydrogens (tertiary/aromatic N) is 1. The van der Waals surface area contributed by atoms with Crippen molar-refractivity contribution in [3.05, 3.63) is 35.4 Å². The van der Waals surface area contributed by atoms with Crippen molar-refractivity contribution in [1.82, 2.24) is 15.5 Å². The van der Waals surface area contributed by atoms with Gasteiger partial charge in [0.25, 0.3) is 5.91 Å². The van der Waals surface area contributed by atoms with Crippen LogP contribution in [-0.2, 0) is 6.54 Å². The van der Waals surface area contributed by atoms with Crippen molar-refractivity contribution in [3.8, 4) is 0 Å². The minimum absolute atomic E-state index is 0.0140. The summed E-state index contributed by atoms with van der Waals surface area (Å²) in [4.78, 5) is 14.4. The fourth-order valence-electron chi connectivity index (χ4n) is 2.11. The lowest BCUT2D eigenvalue weighted by Gasteiger charge is -2.24. The van der Waals surface area contributed by atoms with Crippen LogP contribution in [0.3, 0.4) is 0 Å². The van der Waals surface area contributed by atoms with Gasteiger partial charge in [-0.1, -0.05) is 19.1 Å². The number of hydrogen-bond donors (Lipinski definition) is 2. The number of carbonyl (C=O) groups is 1. The molecule has 0 saturated carbocycles. The summed E-state index contributed by atoms with van der Waals surface area (Å²) in [6.07, 6.45) is 0. The second-order valence-electron chi connectivity index (χ2n) is 5.75. The summed E-state index contributed by atoms with van der Waals surface area (Å²) in [5.41, 5.74) is 1.96. The third kappa shape index (κ3) is 5.86. The van der Waals surface area contributed by atoms with Crippen molar-refractivity contribution >= 4 is 5.91 Å². The molecule has 2 N–H and O–H groups in total. The molecule has 1 atom stereocenters. The number of likely N-dealkylation sites (N-methyl/N-ethyl adjacent to an activating group) is 1. The third-order valence-electron chi connectivity index (χ3n) is 3.80. The smallest absolute Gasteiger partial charge is 0.251 e. The first-order valence-electron chi connectivity index (χ1n) is 7.76. The van der Waals surface area contributed by atoms with Crippen molar-refractivity contribution in [2.24, 2.45) is 0 Å². The molecule has 0 spiro atoms. The zero-order valence-corrected chi connectivity index (χ0v) is 13.9. The second kappa shape index (κ2) is 8.80. The second-order valence-corrected chi connectivity index (χ2v) is 5.75. The predicted molar refractivity (Wildman–Crippen MR) is 88.5 cm³/mol. The van der Waals surface area contributed by atoms with Crippen molar-refractivity contribution in [2.45, 2.75) is 46.3 Å². The third-order valence-corrected chi connectivity index (χ3v) is 3.80. The summed E-state index contributed by atoms with van der Waals surface area (Å²) in [7, 11) is 1.89. The van der Waals surface area contributed by atoms with E-state index < -0.39 is 0 Å². The fraction of sp³-hybridized carbons (Fsp3) is 0.588. The Kier molecular flexibility index (Phi) is 7.40. The summed E-state index contributed by atoms with van der Waals surface area (Å²) in [5, 5.41) is 6.03. The summed E-state index contributed by atoms with van der Waals surface area (Å²) in [5.74, 6) is -0.0140. The zero-order valence-electron chi connectivity index (χ0n) is 13.9. The summed E-state index contributed by atoms with van der Waals surface area (Å²) in [6, 6.07) is 8.70. The first-order chi connectivity index (χ1) is 9.97. The van der Waals surface area contributed by atoms with Crippen LogP contribution in [0.2, 0.25) is 0 Å². The van der Waals surface area contributed by atoms with Gasteiger partial charge in [-0.15, -0.1) is 0 Å². The molecular weight excluding hydrogens is 262 g/mol. The molecule has 1 rings (SSSR count). The SMILES string of the molecule is CCN(Cc1ccc(C(=O)NCC(C)NC)cc1)C(C)C. The van der Waals surface area contributed by atoms with Gasteiger partial charge in [-0.05, 0) is 52.1 Å². The molecule has 0 aliphatic heterocycles. The predicted octanol–water partition coefficient (Wildman–Crippen LogP) is 2.25. The normalized spacial score (nSPS) is 12.7. The van der Waals surface area contributed by atoms with Gasteiger partial charge in [0.15, 0.2) is 0 Å². The molecular formula is C17H29N3O. The van der Waals surface area contributed by atoms with Crippen LogP contribution >= 0.6 is 0 Å². The Morgan fingerprint density at radius 1 is 1.19 bits per heavy atom. The first kappa shape index (κ1) is 17.7. The Balaban J connectivity index is 2.59. The molecule has 0 aromatic heterocycles. The number of amides is 1. The maximum atomic E-state index is 12.0. The van der Waals surface area contributed by atoms with Crippen LogP contribution in [0.5, 0.6) is 0 Å². The van der Waals surface area contributed by atoms with E-state index in [0.29, 0.717) is 12.6 Å². The Hall–Kier alpha value is -1.39. The summed E-state index contributed by atoms with van der Waals surface area (Å²) in [6.45, 7) is 11.2. The van der Waals surface area contributed by atoms with Crippen LogP contribution in [0.4, 0.5) is 0 Å². The highest BCUT2D eigenvalue weighted by atomic mass is 16.1. The molecule has 0 aliphatic carbocycles. The number of benzene rings is 1. The molecule has 4 heteroatoms. The van der Waals surface area contributed by atoms with Crippen LogP contribution in [0.1, 0.15) is 43.6 Å². The fourth-order valence-corrected chi connectivity index (χ4v) is 2.11. The largest absolute Gasteiger partial charge is 0.350 e. The van der Waals surface area contributed by atoms with Crippen molar-refractivity contribution in [3.63, 3.8) is 0 Å². The minimum Gasteiger partial charge on any atom is -0.350 e. The van der Waals surface area contributed by atoms with E-state index in [4.69, 9.17) is 0 Å². The van der Waals surface area contributed by atoms with Gasteiger partial charge in [-0.3, -0.25) is 9.69 Å². The van der Waals surface area contributed by atoms with Crippen LogP contribution in [0.25, 0.3) is 0 Å². The highest BCUT2D eigenvalue weighted by Crippen LogP contribution is 2.10. The summed E-state index contributed by atoms with van der Waals surface area (Å²) >= 11 is 0. The molecule has 0 heterocycles. The van der Waals surface area contributed by atoms with E-state index in [-0.39, 0.29) is 11.9 Å². The Morgan fingerprint density at radius 2 is 1.81 bits per heavy atom. The number of rotatable bonds is 8. The van der Waals surface area contributed by atoms with Gasteiger partial charge in [0.2, 0.25) is 0 Å². The molecule has 0 saturated heterocycles. The Labute approximate surface area is 128 Å². The zero-order chi connectivity index (χ0) is 15.8. The standard InChI is InChI=1S/C17H29N3O/c1-6-20(13(2)3)12-15-7-9-16(10-8-15)17(21)19-11-14(4)18-5/h7-10,13-14,18H,6,11-12H2,1-5H3,(H,19,21). The van der Waals surface area contributed by atoms with Crippen LogP contribution in [0.15, 0.2) is 24.3 Å². The van der Waals surface area contributed by atoms with Crippen LogP contribution in [-0.4, -0.2) is 43.0 Å². The van der Waals surface area contributed by atoms with E-state index in [1.165, 1.54) is 5.56 Å². The maximum absolute atomic E-state index is 12.0. The molecule has 1 aromatic rings. The quantitative estimate of drug-likeness (QED) is 0.772. The lowest BCUT2D eigenvalue weighted by Crippen LogP contribution is -2.37. The van der Waals surface area contributed by atoms with E-state index in [2.05, 4.69) is 36.3 Å². The van der Waals surface area contributed by atoms with Gasteiger partial charge in [-0.2, -0.15) is 0 Å². The van der Waals surface area contributed by atoms with Crippen LogP contribution < -0.4 is 10.6 Å². The van der Waals surface area contributed by atoms with E-state index in [1.54, 1.807) is 0 Å². The lowest BCUT2D eigenvalue weighted by molar-refractivity contribution is 0.0950. The van der Waals surface area contributed by atoms with Gasteiger partial charge >= 0.3 is 0 Å². The molecule has 21 heavy (non-hydrogen) atoms. The number of nitrogens with one attached hydrogen (secondary N) is 2. The molecule has 0 aliphatic rings. The molecule has 0 fully saturated rings. The van der Waals surface area contributed by atoms with Gasteiger partial charge in [-0.25, -0.2) is 0 Å². The maximum Gasteiger partial charge on any atom is 0.251 e. The molecule has 0 radical (unpaired) electrons. The lowest BCUT2D eigenvalue weighted by atomic mass is 10.1. The molecule has 1 unspecified atom stereocenters. The summed E-state index contributed by atoms with van der Waals surface area (Å²) < 4.78 is 0. The van der Waals surface area contributed by atoms with E-state index >= 15 is 0 Å². The molecule has 118 valence electrons. The van der Waals surface area contributed by atoms with Gasteiger partial charge < -0.3 is 10.6 Å². The van der Waals surface area contributed by atoms with Crippen LogP contribution in [0, 0.1) is 0 Å². The number of hydrogen-bond acceptors (Lipinski definition) is 3. The number of carbonyl (C=O) groups excluding carboxylic acids is 1. The van der Waals surface area contributed by atoms with Gasteiger partial charge in [0.05, 0.1) is 0 Å². The van der Waals surface area contributed by atoms with E-state index in [1.807, 2.05) is 38.2 Å². The van der Waals surface area contributed by atoms with Crippen molar-refractivity contribution < 1.29 is 4.79 Å². The highest BCUT2D eigenvalue weighted by Gasteiger charge is 2.09. The van der Waals surface area contributed by atoms with E-state index in [0.717, 1.165) is 18.7 Å². The monoisotopic (exact) mass is 291 g/mol. The van der Waals surface area contributed by atoms with Gasteiger partial charge in [0.1, 0.15) is 0 Å². The average Bonchev–Trinajstić information content (AvgIpc) is 2.50. The molecule has 1 aromatic carbocycles. The topological polar surface area (TPSA) is 44.4 Å². The molecule has 1 amide bonds. The van der Waals surface area contributed by atoms with Crippen molar-refractivity contribution in [1.29, 1.82) is 0 Å².